The van der Waals surface area contributed by atoms with Gasteiger partial charge in [-0.1, -0.05) is 35.0 Å². The van der Waals surface area contributed by atoms with Crippen LogP contribution in [0.5, 0.6) is 0 Å². The predicted molar refractivity (Wildman–Crippen MR) is 77.2 cm³/mol. The van der Waals surface area contributed by atoms with E-state index in [-0.39, 0.29) is 0 Å². The van der Waals surface area contributed by atoms with Gasteiger partial charge in [-0.25, -0.2) is 0 Å². The van der Waals surface area contributed by atoms with E-state index in [1.807, 2.05) is 0 Å². The Bertz CT molecular complexity index is 342. The van der Waals surface area contributed by atoms with Crippen LogP contribution < -0.4 is 5.32 Å². The van der Waals surface area contributed by atoms with Crippen LogP contribution in [0.25, 0.3) is 0 Å². The van der Waals surface area contributed by atoms with Crippen molar-refractivity contribution in [2.45, 2.75) is 39.2 Å². The zero-order valence-corrected chi connectivity index (χ0v) is 12.3. The molecule has 1 aliphatic carbocycles. The average molecular weight is 296 g/mol. The first-order valence-corrected chi connectivity index (χ1v) is 7.42. The minimum atomic E-state index is 0.567. The van der Waals surface area contributed by atoms with Crippen molar-refractivity contribution in [3.63, 3.8) is 0 Å². The smallest absolute Gasteiger partial charge is 0.0175 e. The van der Waals surface area contributed by atoms with Gasteiger partial charge >= 0.3 is 0 Å². The monoisotopic (exact) mass is 295 g/mol. The highest BCUT2D eigenvalue weighted by atomic mass is 79.9. The Morgan fingerprint density at radius 2 is 1.88 bits per heavy atom. The lowest BCUT2D eigenvalue weighted by Crippen LogP contribution is -2.32. The lowest BCUT2D eigenvalue weighted by Gasteiger charge is -2.17. The molecule has 2 rings (SSSR count). The summed E-state index contributed by atoms with van der Waals surface area (Å²) in [5, 5.41) is 3.66. The van der Waals surface area contributed by atoms with Crippen LogP contribution in [0.3, 0.4) is 0 Å². The molecule has 1 aliphatic rings. The fourth-order valence-electron chi connectivity index (χ4n) is 2.27. The van der Waals surface area contributed by atoms with Crippen molar-refractivity contribution in [2.75, 3.05) is 6.54 Å². The predicted octanol–water partition coefficient (Wildman–Crippen LogP) is 4.02. The third-order valence-electron chi connectivity index (χ3n) is 3.67. The van der Waals surface area contributed by atoms with E-state index >= 15 is 0 Å². The van der Waals surface area contributed by atoms with Gasteiger partial charge in [-0.2, -0.15) is 0 Å². The zero-order chi connectivity index (χ0) is 12.3. The highest BCUT2D eigenvalue weighted by Gasteiger charge is 2.27. The van der Waals surface area contributed by atoms with Gasteiger partial charge in [-0.05, 0) is 62.3 Å². The molecule has 0 amide bonds. The first-order valence-electron chi connectivity index (χ1n) is 6.63. The Labute approximate surface area is 113 Å². The van der Waals surface area contributed by atoms with E-state index in [4.69, 9.17) is 0 Å². The van der Waals surface area contributed by atoms with Crippen molar-refractivity contribution < 1.29 is 0 Å². The van der Waals surface area contributed by atoms with Gasteiger partial charge < -0.3 is 5.32 Å². The summed E-state index contributed by atoms with van der Waals surface area (Å²) in [7, 11) is 0. The third-order valence-corrected chi connectivity index (χ3v) is 4.20. The van der Waals surface area contributed by atoms with E-state index in [0.29, 0.717) is 6.04 Å². The molecule has 1 nitrogen and oxygen atoms in total. The van der Waals surface area contributed by atoms with E-state index in [0.717, 1.165) is 22.7 Å². The SMILES string of the molecule is CC(Cc1ccc(Br)cc1)NCC(C)C1CC1. The van der Waals surface area contributed by atoms with Crippen LogP contribution in [0.1, 0.15) is 32.3 Å². The van der Waals surface area contributed by atoms with Crippen molar-refractivity contribution in [1.29, 1.82) is 0 Å². The largest absolute Gasteiger partial charge is 0.314 e. The molecule has 1 fully saturated rings. The summed E-state index contributed by atoms with van der Waals surface area (Å²) in [6, 6.07) is 9.21. The summed E-state index contributed by atoms with van der Waals surface area (Å²) in [6.07, 6.45) is 4.01. The van der Waals surface area contributed by atoms with Crippen molar-refractivity contribution >= 4 is 15.9 Å². The summed E-state index contributed by atoms with van der Waals surface area (Å²) in [6.45, 7) is 5.82. The minimum absolute atomic E-state index is 0.567. The van der Waals surface area contributed by atoms with Crippen LogP contribution in [0.2, 0.25) is 0 Å². The lowest BCUT2D eigenvalue weighted by molar-refractivity contribution is 0.425. The molecule has 0 bridgehead atoms. The Hall–Kier alpha value is -0.340. The first-order chi connectivity index (χ1) is 8.15. The van der Waals surface area contributed by atoms with Crippen LogP contribution in [0.15, 0.2) is 28.7 Å². The number of nitrogens with one attached hydrogen (secondary N) is 1. The Kier molecular flexibility index (Phi) is 4.63. The van der Waals surface area contributed by atoms with Crippen LogP contribution in [0, 0.1) is 11.8 Å². The van der Waals surface area contributed by atoms with Gasteiger partial charge in [0.25, 0.3) is 0 Å². The standard InChI is InChI=1S/C15H22BrN/c1-11(14-5-6-14)10-17-12(2)9-13-3-7-15(16)8-4-13/h3-4,7-8,11-12,14,17H,5-6,9-10H2,1-2H3. The van der Waals surface area contributed by atoms with Crippen molar-refractivity contribution in [1.82, 2.24) is 5.32 Å². The van der Waals surface area contributed by atoms with Gasteiger partial charge in [0.05, 0.1) is 0 Å². The molecule has 0 aliphatic heterocycles. The van der Waals surface area contributed by atoms with Crippen LogP contribution in [0.4, 0.5) is 0 Å². The Balaban J connectivity index is 1.72. The highest BCUT2D eigenvalue weighted by molar-refractivity contribution is 9.10. The molecule has 2 atom stereocenters. The normalized spacial score (nSPS) is 19.0. The molecule has 0 radical (unpaired) electrons. The van der Waals surface area contributed by atoms with Crippen molar-refractivity contribution in [3.05, 3.63) is 34.3 Å². The quantitative estimate of drug-likeness (QED) is 0.836. The molecule has 0 aromatic heterocycles. The maximum absolute atomic E-state index is 3.66. The molecule has 1 aromatic carbocycles. The Morgan fingerprint density at radius 3 is 2.47 bits per heavy atom. The summed E-state index contributed by atoms with van der Waals surface area (Å²) in [5.74, 6) is 1.85. The fraction of sp³-hybridized carbons (Fsp3) is 0.600. The summed E-state index contributed by atoms with van der Waals surface area (Å²) < 4.78 is 1.16. The second-order valence-electron chi connectivity index (χ2n) is 5.45. The van der Waals surface area contributed by atoms with E-state index in [1.165, 1.54) is 24.9 Å². The molecule has 17 heavy (non-hydrogen) atoms. The molecule has 0 saturated heterocycles. The van der Waals surface area contributed by atoms with Crippen LogP contribution >= 0.6 is 15.9 Å². The van der Waals surface area contributed by atoms with E-state index in [2.05, 4.69) is 59.4 Å². The molecule has 94 valence electrons. The molecule has 0 heterocycles. The number of hydrogen-bond donors (Lipinski definition) is 1. The molecule has 1 saturated carbocycles. The fourth-order valence-corrected chi connectivity index (χ4v) is 2.53. The number of hydrogen-bond acceptors (Lipinski definition) is 1. The second-order valence-corrected chi connectivity index (χ2v) is 6.37. The van der Waals surface area contributed by atoms with Gasteiger partial charge in [-0.15, -0.1) is 0 Å². The maximum Gasteiger partial charge on any atom is 0.0175 e. The van der Waals surface area contributed by atoms with Crippen molar-refractivity contribution in [2.24, 2.45) is 11.8 Å². The summed E-state index contributed by atoms with van der Waals surface area (Å²) in [5.41, 5.74) is 1.41. The first kappa shape index (κ1) is 13.1. The maximum atomic E-state index is 3.66. The Morgan fingerprint density at radius 1 is 1.24 bits per heavy atom. The van der Waals surface area contributed by atoms with E-state index in [9.17, 15) is 0 Å². The van der Waals surface area contributed by atoms with Gasteiger partial charge in [0.2, 0.25) is 0 Å². The number of halogens is 1. The van der Waals surface area contributed by atoms with Crippen molar-refractivity contribution in [3.8, 4) is 0 Å². The minimum Gasteiger partial charge on any atom is -0.314 e. The summed E-state index contributed by atoms with van der Waals surface area (Å²) in [4.78, 5) is 0. The van der Waals surface area contributed by atoms with Gasteiger partial charge in [0, 0.05) is 10.5 Å². The van der Waals surface area contributed by atoms with E-state index in [1.54, 1.807) is 0 Å². The molecule has 2 unspecified atom stereocenters. The average Bonchev–Trinajstić information content (AvgIpc) is 3.13. The van der Waals surface area contributed by atoms with Gasteiger partial charge in [0.15, 0.2) is 0 Å². The van der Waals surface area contributed by atoms with Crippen LogP contribution in [-0.4, -0.2) is 12.6 Å². The number of benzene rings is 1. The molecule has 1 aromatic rings. The third kappa shape index (κ3) is 4.44. The topological polar surface area (TPSA) is 12.0 Å². The molecule has 2 heteroatoms. The summed E-state index contributed by atoms with van der Waals surface area (Å²) >= 11 is 3.47. The van der Waals surface area contributed by atoms with E-state index < -0.39 is 0 Å². The zero-order valence-electron chi connectivity index (χ0n) is 10.7. The lowest BCUT2D eigenvalue weighted by atomic mass is 10.0. The van der Waals surface area contributed by atoms with Gasteiger partial charge in [0.1, 0.15) is 0 Å². The number of rotatable bonds is 6. The molecule has 0 spiro atoms. The molecule has 1 N–H and O–H groups in total. The second kappa shape index (κ2) is 6.01. The van der Waals surface area contributed by atoms with Crippen LogP contribution in [-0.2, 0) is 6.42 Å². The molecular weight excluding hydrogens is 274 g/mol. The molecular formula is C15H22BrN. The van der Waals surface area contributed by atoms with Gasteiger partial charge in [-0.3, -0.25) is 0 Å². The highest BCUT2D eigenvalue weighted by Crippen LogP contribution is 2.36.